The van der Waals surface area contributed by atoms with Crippen molar-refractivity contribution in [2.45, 2.75) is 12.5 Å². The molecular weight excluding hydrogens is 258 g/mol. The zero-order valence-corrected chi connectivity index (χ0v) is 11.2. The molecule has 1 unspecified atom stereocenters. The fourth-order valence-corrected chi connectivity index (χ4v) is 2.59. The Balaban J connectivity index is 2.37. The minimum atomic E-state index is -1.00. The van der Waals surface area contributed by atoms with Gasteiger partial charge in [-0.3, -0.25) is 4.79 Å². The predicted molar refractivity (Wildman–Crippen MR) is 67.3 cm³/mol. The number of nitrogens with one attached hydrogen (secondary N) is 1. The predicted octanol–water partition coefficient (Wildman–Crippen LogP) is -0.366. The van der Waals surface area contributed by atoms with E-state index >= 15 is 0 Å². The van der Waals surface area contributed by atoms with Crippen molar-refractivity contribution >= 4 is 29.7 Å². The molecule has 0 radical (unpaired) electrons. The van der Waals surface area contributed by atoms with Crippen LogP contribution in [-0.2, 0) is 9.59 Å². The Morgan fingerprint density at radius 2 is 2.11 bits per heavy atom. The van der Waals surface area contributed by atoms with Crippen molar-refractivity contribution in [2.75, 3.05) is 32.3 Å². The third-order valence-corrected chi connectivity index (χ3v) is 3.55. The lowest BCUT2D eigenvalue weighted by Gasteiger charge is -2.21. The summed E-state index contributed by atoms with van der Waals surface area (Å²) < 4.78 is 0. The van der Waals surface area contributed by atoms with E-state index in [1.54, 1.807) is 14.1 Å². The first kappa shape index (κ1) is 14.6. The molecule has 1 aliphatic rings. The smallest absolute Gasteiger partial charge is 0.327 e. The van der Waals surface area contributed by atoms with Crippen molar-refractivity contribution < 1.29 is 19.5 Å². The van der Waals surface area contributed by atoms with Gasteiger partial charge >= 0.3 is 12.0 Å². The number of carbonyl (C=O) groups excluding carboxylic acids is 2. The second-order valence-electron chi connectivity index (χ2n) is 4.09. The first-order chi connectivity index (χ1) is 8.43. The molecule has 0 spiro atoms. The van der Waals surface area contributed by atoms with Crippen molar-refractivity contribution in [1.29, 1.82) is 0 Å². The van der Waals surface area contributed by atoms with Crippen molar-refractivity contribution in [1.82, 2.24) is 15.1 Å². The van der Waals surface area contributed by atoms with E-state index in [0.717, 1.165) is 0 Å². The number of amides is 3. The molecule has 0 aromatic rings. The third kappa shape index (κ3) is 3.80. The maximum Gasteiger partial charge on any atom is 0.327 e. The molecule has 2 N–H and O–H groups in total. The summed E-state index contributed by atoms with van der Waals surface area (Å²) in [5.74, 6) is -0.315. The van der Waals surface area contributed by atoms with Gasteiger partial charge < -0.3 is 20.2 Å². The Hall–Kier alpha value is -1.44. The number of aliphatic carboxylic acids is 1. The van der Waals surface area contributed by atoms with E-state index in [1.807, 2.05) is 0 Å². The summed E-state index contributed by atoms with van der Waals surface area (Å²) in [6.45, 7) is 0.212. The summed E-state index contributed by atoms with van der Waals surface area (Å²) in [4.78, 5) is 36.6. The van der Waals surface area contributed by atoms with Gasteiger partial charge in [0.15, 0.2) is 0 Å². The van der Waals surface area contributed by atoms with E-state index < -0.39 is 18.0 Å². The van der Waals surface area contributed by atoms with E-state index in [1.165, 1.54) is 21.6 Å². The van der Waals surface area contributed by atoms with Gasteiger partial charge in [-0.25, -0.2) is 9.59 Å². The molecule has 18 heavy (non-hydrogen) atoms. The fourth-order valence-electron chi connectivity index (χ4n) is 1.45. The van der Waals surface area contributed by atoms with Gasteiger partial charge in [0, 0.05) is 32.8 Å². The van der Waals surface area contributed by atoms with E-state index in [4.69, 9.17) is 5.11 Å². The molecular formula is C10H17N3O4S. The number of carboxylic acid groups (broad SMARTS) is 1. The van der Waals surface area contributed by atoms with Gasteiger partial charge in [0.05, 0.1) is 5.88 Å². The zero-order chi connectivity index (χ0) is 13.7. The number of nitrogens with zero attached hydrogens (tertiary/aromatic N) is 2. The van der Waals surface area contributed by atoms with Crippen LogP contribution in [0.3, 0.4) is 0 Å². The lowest BCUT2D eigenvalue weighted by atomic mass is 10.3. The minimum absolute atomic E-state index is 0.0825. The Bertz CT molecular complexity index is 348. The molecule has 1 atom stereocenters. The van der Waals surface area contributed by atoms with E-state index in [9.17, 15) is 14.4 Å². The summed E-state index contributed by atoms with van der Waals surface area (Å²) in [7, 11) is 3.28. The number of rotatable bonds is 4. The molecule has 1 saturated heterocycles. The molecule has 0 bridgehead atoms. The molecule has 1 aliphatic heterocycles. The molecule has 0 aromatic carbocycles. The molecule has 0 aromatic heterocycles. The van der Waals surface area contributed by atoms with Gasteiger partial charge in [0.1, 0.15) is 6.04 Å². The van der Waals surface area contributed by atoms with Gasteiger partial charge in [0.2, 0.25) is 5.91 Å². The monoisotopic (exact) mass is 275 g/mol. The van der Waals surface area contributed by atoms with Crippen LogP contribution >= 0.6 is 11.8 Å². The third-order valence-electron chi connectivity index (χ3n) is 2.54. The van der Waals surface area contributed by atoms with Crippen LogP contribution < -0.4 is 5.32 Å². The van der Waals surface area contributed by atoms with Crippen molar-refractivity contribution in [3.63, 3.8) is 0 Å². The highest BCUT2D eigenvalue weighted by molar-refractivity contribution is 7.99. The van der Waals surface area contributed by atoms with E-state index in [0.29, 0.717) is 11.6 Å². The number of carboxylic acids is 1. The summed E-state index contributed by atoms with van der Waals surface area (Å²) >= 11 is 1.40. The Morgan fingerprint density at radius 3 is 2.67 bits per heavy atom. The topological polar surface area (TPSA) is 90.0 Å². The largest absolute Gasteiger partial charge is 0.480 e. The molecule has 1 fully saturated rings. The van der Waals surface area contributed by atoms with Crippen LogP contribution in [0.4, 0.5) is 4.79 Å². The first-order valence-electron chi connectivity index (χ1n) is 5.48. The average molecular weight is 275 g/mol. The number of hydrogen-bond acceptors (Lipinski definition) is 4. The van der Waals surface area contributed by atoms with Crippen molar-refractivity contribution in [3.8, 4) is 0 Å². The maximum absolute atomic E-state index is 11.7. The second-order valence-corrected chi connectivity index (χ2v) is 5.09. The van der Waals surface area contributed by atoms with Crippen LogP contribution in [0.1, 0.15) is 6.42 Å². The summed E-state index contributed by atoms with van der Waals surface area (Å²) in [5, 5.41) is 11.5. The van der Waals surface area contributed by atoms with E-state index in [-0.39, 0.29) is 18.9 Å². The molecule has 3 amide bonds. The average Bonchev–Trinajstić information content (AvgIpc) is 2.77. The number of thioether (sulfide) groups is 1. The molecule has 0 saturated carbocycles. The van der Waals surface area contributed by atoms with Crippen LogP contribution in [0, 0.1) is 0 Å². The first-order valence-corrected chi connectivity index (χ1v) is 6.64. The van der Waals surface area contributed by atoms with Crippen molar-refractivity contribution in [3.05, 3.63) is 0 Å². The quantitative estimate of drug-likeness (QED) is 0.731. The lowest BCUT2D eigenvalue weighted by Crippen LogP contribution is -2.47. The number of carbonyl (C=O) groups is 3. The van der Waals surface area contributed by atoms with Gasteiger partial charge in [-0.05, 0) is 0 Å². The highest BCUT2D eigenvalue weighted by atomic mass is 32.2. The van der Waals surface area contributed by atoms with Crippen LogP contribution in [0.2, 0.25) is 0 Å². The lowest BCUT2D eigenvalue weighted by molar-refractivity contribution is -0.140. The number of hydrogen-bond donors (Lipinski definition) is 2. The van der Waals surface area contributed by atoms with Crippen LogP contribution in [0.5, 0.6) is 0 Å². The normalized spacial score (nSPS) is 18.6. The molecule has 0 aliphatic carbocycles. The van der Waals surface area contributed by atoms with E-state index in [2.05, 4.69) is 5.32 Å². The van der Waals surface area contributed by atoms with Gasteiger partial charge in [-0.2, -0.15) is 0 Å². The Morgan fingerprint density at radius 1 is 1.44 bits per heavy atom. The highest BCUT2D eigenvalue weighted by Gasteiger charge is 2.34. The highest BCUT2D eigenvalue weighted by Crippen LogP contribution is 2.20. The SMILES string of the molecule is CN(C)C(=O)CCNC(=O)N1CSCC1C(=O)O. The maximum atomic E-state index is 11.7. The number of urea groups is 1. The van der Waals surface area contributed by atoms with Crippen LogP contribution in [-0.4, -0.2) is 71.1 Å². The standard InChI is InChI=1S/C10H17N3O4S/c1-12(2)8(14)3-4-11-10(17)13-6-18-5-7(13)9(15)16/h7H,3-6H2,1-2H3,(H,11,17)(H,15,16). The summed E-state index contributed by atoms with van der Waals surface area (Å²) in [6, 6.07) is -1.21. The molecule has 1 heterocycles. The van der Waals surface area contributed by atoms with Gasteiger partial charge in [-0.15, -0.1) is 11.8 Å². The summed E-state index contributed by atoms with van der Waals surface area (Å²) in [6.07, 6.45) is 0.206. The zero-order valence-electron chi connectivity index (χ0n) is 10.4. The van der Waals surface area contributed by atoms with Crippen LogP contribution in [0.15, 0.2) is 0 Å². The van der Waals surface area contributed by atoms with Crippen molar-refractivity contribution in [2.24, 2.45) is 0 Å². The van der Waals surface area contributed by atoms with Gasteiger partial charge in [-0.1, -0.05) is 0 Å². The molecule has 7 nitrogen and oxygen atoms in total. The molecule has 1 rings (SSSR count). The van der Waals surface area contributed by atoms with Crippen LogP contribution in [0.25, 0.3) is 0 Å². The summed E-state index contributed by atoms with van der Waals surface area (Å²) in [5.41, 5.74) is 0. The Labute approximate surface area is 109 Å². The molecule has 102 valence electrons. The molecule has 8 heteroatoms. The fraction of sp³-hybridized carbons (Fsp3) is 0.700. The Kier molecular flexibility index (Phi) is 5.26. The second kappa shape index (κ2) is 6.48. The minimum Gasteiger partial charge on any atom is -0.480 e. The van der Waals surface area contributed by atoms with Gasteiger partial charge in [0.25, 0.3) is 0 Å².